The monoisotopic (exact) mass is 376 g/mol. The largest absolute Gasteiger partial charge is 0.381 e. The molecule has 1 saturated heterocycles. The molecule has 0 aromatic heterocycles. The Morgan fingerprint density at radius 1 is 0.889 bits per heavy atom. The van der Waals surface area contributed by atoms with E-state index in [0.29, 0.717) is 22.0 Å². The fourth-order valence-electron chi connectivity index (χ4n) is 3.71. The molecule has 5 nitrogen and oxygen atoms in total. The molecule has 0 saturated carbocycles. The lowest BCUT2D eigenvalue weighted by Crippen LogP contribution is -2.33. The molecule has 0 unspecified atom stereocenters. The van der Waals surface area contributed by atoms with Crippen LogP contribution in [0.2, 0.25) is 5.02 Å². The minimum Gasteiger partial charge on any atom is -0.381 e. The van der Waals surface area contributed by atoms with E-state index in [2.05, 4.69) is 5.16 Å². The predicted molar refractivity (Wildman–Crippen MR) is 103 cm³/mol. The summed E-state index contributed by atoms with van der Waals surface area (Å²) in [5, 5.41) is 6.25. The van der Waals surface area contributed by atoms with Crippen molar-refractivity contribution in [2.24, 2.45) is 11.1 Å². The van der Waals surface area contributed by atoms with Crippen LogP contribution in [0, 0.1) is 5.92 Å². The van der Waals surface area contributed by atoms with Gasteiger partial charge in [-0.3, -0.25) is 9.59 Å². The van der Waals surface area contributed by atoms with Crippen molar-refractivity contribution in [3.8, 4) is 0 Å². The average molecular weight is 377 g/mol. The number of rotatable bonds is 2. The van der Waals surface area contributed by atoms with Gasteiger partial charge in [0.15, 0.2) is 0 Å². The highest BCUT2D eigenvalue weighted by Gasteiger charge is 2.56. The van der Waals surface area contributed by atoms with E-state index >= 15 is 0 Å². The molecule has 132 valence electrons. The SMILES string of the molecule is O=C1[C@H]2C(c3ccccc3Cl)=NO[C@H]2C(=O)N1c1cccc2ccccc12. The van der Waals surface area contributed by atoms with Crippen molar-refractivity contribution in [3.05, 3.63) is 77.3 Å². The van der Waals surface area contributed by atoms with Gasteiger partial charge in [-0.25, -0.2) is 4.90 Å². The van der Waals surface area contributed by atoms with Crippen LogP contribution in [0.25, 0.3) is 10.8 Å². The first-order valence-electron chi connectivity index (χ1n) is 8.51. The van der Waals surface area contributed by atoms with Crippen LogP contribution in [0.15, 0.2) is 71.9 Å². The molecule has 5 rings (SSSR count). The Labute approximate surface area is 159 Å². The second kappa shape index (κ2) is 5.93. The highest BCUT2D eigenvalue weighted by Crippen LogP contribution is 2.38. The third kappa shape index (κ3) is 2.28. The quantitative estimate of drug-likeness (QED) is 0.639. The summed E-state index contributed by atoms with van der Waals surface area (Å²) in [5.41, 5.74) is 1.55. The smallest absolute Gasteiger partial charge is 0.278 e. The molecule has 0 aliphatic carbocycles. The van der Waals surface area contributed by atoms with Crippen LogP contribution in [0.3, 0.4) is 0 Å². The van der Waals surface area contributed by atoms with Crippen LogP contribution < -0.4 is 4.90 Å². The van der Waals surface area contributed by atoms with Crippen molar-refractivity contribution in [3.63, 3.8) is 0 Å². The Morgan fingerprint density at radius 2 is 1.63 bits per heavy atom. The Morgan fingerprint density at radius 3 is 2.48 bits per heavy atom. The maximum atomic E-state index is 13.2. The minimum atomic E-state index is -0.956. The van der Waals surface area contributed by atoms with E-state index in [1.165, 1.54) is 4.90 Å². The first kappa shape index (κ1) is 16.0. The van der Waals surface area contributed by atoms with Crippen molar-refractivity contribution >= 4 is 45.6 Å². The van der Waals surface area contributed by atoms with E-state index in [4.69, 9.17) is 16.4 Å². The van der Waals surface area contributed by atoms with Crippen LogP contribution in [0.5, 0.6) is 0 Å². The predicted octanol–water partition coefficient (Wildman–Crippen LogP) is 3.79. The molecule has 27 heavy (non-hydrogen) atoms. The third-order valence-corrected chi connectivity index (χ3v) is 5.30. The molecule has 2 aliphatic rings. The van der Waals surface area contributed by atoms with Gasteiger partial charge in [0.2, 0.25) is 12.0 Å². The number of amides is 2. The fraction of sp³-hybridized carbons (Fsp3) is 0.0952. The van der Waals surface area contributed by atoms with Gasteiger partial charge in [-0.15, -0.1) is 0 Å². The zero-order valence-electron chi connectivity index (χ0n) is 14.0. The number of hydrogen-bond acceptors (Lipinski definition) is 4. The lowest BCUT2D eigenvalue weighted by atomic mass is 9.94. The van der Waals surface area contributed by atoms with E-state index in [-0.39, 0.29) is 5.91 Å². The summed E-state index contributed by atoms with van der Waals surface area (Å²) in [4.78, 5) is 32.8. The molecule has 2 atom stereocenters. The highest BCUT2D eigenvalue weighted by atomic mass is 35.5. The van der Waals surface area contributed by atoms with Gasteiger partial charge in [-0.2, -0.15) is 0 Å². The van der Waals surface area contributed by atoms with Gasteiger partial charge in [0.1, 0.15) is 11.6 Å². The number of hydrogen-bond donors (Lipinski definition) is 0. The molecule has 2 amide bonds. The molecule has 2 aliphatic heterocycles. The summed E-state index contributed by atoms with van der Waals surface area (Å²) in [5.74, 6) is -1.55. The molecule has 0 bridgehead atoms. The lowest BCUT2D eigenvalue weighted by molar-refractivity contribution is -0.126. The number of carbonyl (C=O) groups is 2. The standard InChI is InChI=1S/C21H13ClN2O3/c22-15-10-4-3-9-14(15)18-17-19(27-23-18)21(26)24(20(17)25)16-11-5-7-12-6-1-2-8-13(12)16/h1-11,17,19H/t17-,19+/m0/s1. The highest BCUT2D eigenvalue weighted by molar-refractivity contribution is 6.38. The summed E-state index contributed by atoms with van der Waals surface area (Å²) in [7, 11) is 0. The maximum absolute atomic E-state index is 13.2. The molecule has 0 radical (unpaired) electrons. The zero-order chi connectivity index (χ0) is 18.5. The second-order valence-corrected chi connectivity index (χ2v) is 6.88. The Balaban J connectivity index is 1.61. The van der Waals surface area contributed by atoms with Crippen molar-refractivity contribution in [1.29, 1.82) is 0 Å². The molecule has 2 heterocycles. The molecule has 0 N–H and O–H groups in total. The number of fused-ring (bicyclic) bond motifs is 2. The van der Waals surface area contributed by atoms with Crippen LogP contribution in [0.1, 0.15) is 5.56 Å². The Kier molecular flexibility index (Phi) is 3.52. The zero-order valence-corrected chi connectivity index (χ0v) is 14.8. The normalized spacial score (nSPS) is 21.4. The number of halogens is 1. The molecule has 3 aromatic rings. The minimum absolute atomic E-state index is 0.350. The molecular formula is C21H13ClN2O3. The van der Waals surface area contributed by atoms with E-state index in [0.717, 1.165) is 10.8 Å². The Hall–Kier alpha value is -3.18. The van der Waals surface area contributed by atoms with Crippen LogP contribution >= 0.6 is 11.6 Å². The number of oxime groups is 1. The van der Waals surface area contributed by atoms with Gasteiger partial charge in [-0.1, -0.05) is 71.4 Å². The summed E-state index contributed by atoms with van der Waals surface area (Å²) in [6, 6.07) is 20.3. The van der Waals surface area contributed by atoms with Gasteiger partial charge >= 0.3 is 0 Å². The fourth-order valence-corrected chi connectivity index (χ4v) is 3.94. The van der Waals surface area contributed by atoms with Crippen molar-refractivity contribution in [2.75, 3.05) is 4.90 Å². The van der Waals surface area contributed by atoms with Gasteiger partial charge in [0.05, 0.1) is 5.69 Å². The van der Waals surface area contributed by atoms with Crippen LogP contribution in [-0.2, 0) is 14.4 Å². The first-order chi connectivity index (χ1) is 13.2. The third-order valence-electron chi connectivity index (χ3n) is 4.97. The van der Waals surface area contributed by atoms with E-state index in [9.17, 15) is 9.59 Å². The first-order valence-corrected chi connectivity index (χ1v) is 8.89. The van der Waals surface area contributed by atoms with E-state index in [1.54, 1.807) is 30.3 Å². The topological polar surface area (TPSA) is 59.0 Å². The van der Waals surface area contributed by atoms with E-state index < -0.39 is 17.9 Å². The summed E-state index contributed by atoms with van der Waals surface area (Å²) in [6.07, 6.45) is -0.956. The maximum Gasteiger partial charge on any atom is 0.278 e. The second-order valence-electron chi connectivity index (χ2n) is 6.47. The number of imide groups is 1. The number of nitrogens with zero attached hydrogens (tertiary/aromatic N) is 2. The lowest BCUT2D eigenvalue weighted by Gasteiger charge is -2.17. The number of benzene rings is 3. The number of carbonyl (C=O) groups excluding carboxylic acids is 2. The molecule has 0 spiro atoms. The molecule has 6 heteroatoms. The van der Waals surface area contributed by atoms with Gasteiger partial charge in [0.25, 0.3) is 5.91 Å². The summed E-state index contributed by atoms with van der Waals surface area (Å²) < 4.78 is 0. The van der Waals surface area contributed by atoms with Gasteiger partial charge in [0, 0.05) is 16.0 Å². The molecule has 1 fully saturated rings. The van der Waals surface area contributed by atoms with Gasteiger partial charge in [-0.05, 0) is 17.5 Å². The molecular weight excluding hydrogens is 364 g/mol. The summed E-state index contributed by atoms with van der Waals surface area (Å²) >= 11 is 6.26. The van der Waals surface area contributed by atoms with Crippen molar-refractivity contribution < 1.29 is 14.4 Å². The summed E-state index contributed by atoms with van der Waals surface area (Å²) in [6.45, 7) is 0. The van der Waals surface area contributed by atoms with Crippen LogP contribution in [-0.4, -0.2) is 23.6 Å². The van der Waals surface area contributed by atoms with Gasteiger partial charge < -0.3 is 4.84 Å². The number of anilines is 1. The van der Waals surface area contributed by atoms with Crippen LogP contribution in [0.4, 0.5) is 5.69 Å². The van der Waals surface area contributed by atoms with E-state index in [1.807, 2.05) is 36.4 Å². The Bertz CT molecular complexity index is 1140. The van der Waals surface area contributed by atoms with Crippen molar-refractivity contribution in [1.82, 2.24) is 0 Å². The average Bonchev–Trinajstić information content (AvgIpc) is 3.22. The van der Waals surface area contributed by atoms with Crippen molar-refractivity contribution in [2.45, 2.75) is 6.10 Å². The molecule has 3 aromatic carbocycles.